The summed E-state index contributed by atoms with van der Waals surface area (Å²) >= 11 is 0. The van der Waals surface area contributed by atoms with E-state index in [2.05, 4.69) is 43.1 Å². The maximum absolute atomic E-state index is 12.1. The summed E-state index contributed by atoms with van der Waals surface area (Å²) in [4.78, 5) is 3.80. The van der Waals surface area contributed by atoms with Crippen LogP contribution in [0.3, 0.4) is 0 Å². The summed E-state index contributed by atoms with van der Waals surface area (Å²) in [6, 6.07) is 11.2. The molecule has 1 aromatic heterocycles. The van der Waals surface area contributed by atoms with E-state index in [9.17, 15) is 4.39 Å². The van der Waals surface area contributed by atoms with Gasteiger partial charge in [0, 0.05) is 11.9 Å². The van der Waals surface area contributed by atoms with Gasteiger partial charge in [0.05, 0.1) is 0 Å². The molecule has 0 saturated carbocycles. The van der Waals surface area contributed by atoms with Crippen LogP contribution in [-0.4, -0.2) is 4.98 Å². The molecule has 2 rings (SSSR count). The Labute approximate surface area is 96.0 Å². The van der Waals surface area contributed by atoms with Crippen LogP contribution in [0.4, 0.5) is 4.39 Å². The molecule has 0 radical (unpaired) electrons. The molecule has 1 heterocycles. The maximum atomic E-state index is 12.1. The van der Waals surface area contributed by atoms with Gasteiger partial charge in [0.2, 0.25) is 0 Å². The lowest BCUT2D eigenvalue weighted by Crippen LogP contribution is -1.79. The smallest absolute Gasteiger partial charge is 0.126 e. The highest BCUT2D eigenvalue weighted by Crippen LogP contribution is 2.00. The molecule has 0 fully saturated rings. The Balaban J connectivity index is 0.000000160. The van der Waals surface area contributed by atoms with Gasteiger partial charge in [0.1, 0.15) is 5.82 Å². The Morgan fingerprint density at radius 1 is 0.938 bits per heavy atom. The third-order valence-corrected chi connectivity index (χ3v) is 2.03. The first-order valence-electron chi connectivity index (χ1n) is 5.19. The third kappa shape index (κ3) is 4.69. The van der Waals surface area contributed by atoms with Crippen LogP contribution in [0.2, 0.25) is 0 Å². The number of nitrogens with zero attached hydrogens (tertiary/aromatic N) is 1. The number of hydrogen-bond donors (Lipinski definition) is 0. The van der Waals surface area contributed by atoms with Crippen LogP contribution in [-0.2, 0) is 0 Å². The normalized spacial score (nSPS) is 9.25. The lowest BCUT2D eigenvalue weighted by molar-refractivity contribution is 0.624. The van der Waals surface area contributed by atoms with E-state index >= 15 is 0 Å². The highest BCUT2D eigenvalue weighted by atomic mass is 19.1. The van der Waals surface area contributed by atoms with Crippen LogP contribution < -0.4 is 0 Å². The van der Waals surface area contributed by atoms with Crippen molar-refractivity contribution in [2.24, 2.45) is 0 Å². The molecule has 0 spiro atoms. The molecular weight excluding hydrogens is 201 g/mol. The van der Waals surface area contributed by atoms with E-state index in [1.165, 1.54) is 29.5 Å². The minimum absolute atomic E-state index is 0.225. The van der Waals surface area contributed by atoms with Gasteiger partial charge in [-0.3, -0.25) is 4.98 Å². The van der Waals surface area contributed by atoms with E-state index < -0.39 is 0 Å². The molecule has 0 N–H and O–H groups in total. The van der Waals surface area contributed by atoms with Crippen molar-refractivity contribution in [1.29, 1.82) is 0 Å². The van der Waals surface area contributed by atoms with Crippen molar-refractivity contribution in [2.45, 2.75) is 20.8 Å². The highest BCUT2D eigenvalue weighted by Gasteiger charge is 1.86. The van der Waals surface area contributed by atoms with Crippen LogP contribution >= 0.6 is 0 Å². The fourth-order valence-electron chi connectivity index (χ4n) is 1.32. The van der Waals surface area contributed by atoms with Gasteiger partial charge in [-0.05, 0) is 32.9 Å². The number of pyridine rings is 1. The van der Waals surface area contributed by atoms with Gasteiger partial charge in [-0.1, -0.05) is 35.4 Å². The van der Waals surface area contributed by atoms with Gasteiger partial charge >= 0.3 is 0 Å². The Morgan fingerprint density at radius 3 is 1.88 bits per heavy atom. The second-order valence-electron chi connectivity index (χ2n) is 3.77. The fraction of sp³-hybridized carbons (Fsp3) is 0.214. The van der Waals surface area contributed by atoms with Crippen molar-refractivity contribution in [3.05, 3.63) is 65.2 Å². The van der Waals surface area contributed by atoms with Gasteiger partial charge in [0.15, 0.2) is 0 Å². The summed E-state index contributed by atoms with van der Waals surface area (Å²) in [7, 11) is 0. The van der Waals surface area contributed by atoms with Crippen molar-refractivity contribution in [3.8, 4) is 0 Å². The summed E-state index contributed by atoms with van der Waals surface area (Å²) < 4.78 is 12.1. The summed E-state index contributed by atoms with van der Waals surface area (Å²) in [5.41, 5.74) is 3.39. The lowest BCUT2D eigenvalue weighted by atomic mass is 10.2. The first kappa shape index (κ1) is 12.4. The quantitative estimate of drug-likeness (QED) is 0.653. The Morgan fingerprint density at radius 2 is 1.56 bits per heavy atom. The molecule has 2 heteroatoms. The second kappa shape index (κ2) is 6.01. The molecule has 0 atom stereocenters. The zero-order chi connectivity index (χ0) is 12.0. The molecule has 84 valence electrons. The van der Waals surface area contributed by atoms with E-state index in [1.54, 1.807) is 6.92 Å². The van der Waals surface area contributed by atoms with Gasteiger partial charge < -0.3 is 0 Å². The molecule has 0 saturated heterocycles. The van der Waals surface area contributed by atoms with Crippen molar-refractivity contribution < 1.29 is 4.39 Å². The average Bonchev–Trinajstić information content (AvgIpc) is 2.17. The zero-order valence-corrected chi connectivity index (χ0v) is 9.87. The number of aromatic nitrogens is 1. The van der Waals surface area contributed by atoms with Gasteiger partial charge in [0.25, 0.3) is 0 Å². The van der Waals surface area contributed by atoms with Crippen LogP contribution in [0.1, 0.15) is 16.8 Å². The molecule has 0 aliphatic carbocycles. The number of rotatable bonds is 0. The number of aryl methyl sites for hydroxylation is 3. The van der Waals surface area contributed by atoms with E-state index in [4.69, 9.17) is 0 Å². The summed E-state index contributed by atoms with van der Waals surface area (Å²) in [6.45, 7) is 5.96. The van der Waals surface area contributed by atoms with Crippen LogP contribution in [0.15, 0.2) is 42.6 Å². The van der Waals surface area contributed by atoms with E-state index in [1.807, 2.05) is 0 Å². The largest absolute Gasteiger partial charge is 0.261 e. The van der Waals surface area contributed by atoms with E-state index in [0.717, 1.165) is 0 Å². The number of hydrogen-bond acceptors (Lipinski definition) is 1. The van der Waals surface area contributed by atoms with Crippen molar-refractivity contribution in [1.82, 2.24) is 4.98 Å². The molecule has 1 nitrogen and oxygen atoms in total. The van der Waals surface area contributed by atoms with E-state index in [-0.39, 0.29) is 5.82 Å². The molecule has 0 aliphatic heterocycles. The monoisotopic (exact) mass is 217 g/mol. The molecule has 0 bridgehead atoms. The topological polar surface area (TPSA) is 12.9 Å². The van der Waals surface area contributed by atoms with Crippen molar-refractivity contribution in [3.63, 3.8) is 0 Å². The highest BCUT2D eigenvalue weighted by molar-refractivity contribution is 5.20. The number of benzene rings is 1. The van der Waals surface area contributed by atoms with Gasteiger partial charge in [-0.15, -0.1) is 0 Å². The Bertz CT molecular complexity index is 374. The summed E-state index contributed by atoms with van der Waals surface area (Å²) in [5.74, 6) is -0.225. The summed E-state index contributed by atoms with van der Waals surface area (Å²) in [6.07, 6.45) is 1.45. The van der Waals surface area contributed by atoms with Gasteiger partial charge in [-0.25, -0.2) is 4.39 Å². The predicted octanol–water partition coefficient (Wildman–Crippen LogP) is 3.83. The van der Waals surface area contributed by atoms with Crippen LogP contribution in [0.5, 0.6) is 0 Å². The zero-order valence-electron chi connectivity index (χ0n) is 9.87. The minimum atomic E-state index is -0.225. The maximum Gasteiger partial charge on any atom is 0.126 e. The second-order valence-corrected chi connectivity index (χ2v) is 3.77. The molecule has 0 unspecified atom stereocenters. The predicted molar refractivity (Wildman–Crippen MR) is 64.8 cm³/mol. The standard InChI is InChI=1S/C8H10.C6H6FN/c1-7-4-3-5-8(2)6-7;1-5-4-6(7)2-3-8-5/h3-6H,1-2H3;2-4H,1H3. The van der Waals surface area contributed by atoms with Gasteiger partial charge in [-0.2, -0.15) is 0 Å². The first-order valence-corrected chi connectivity index (χ1v) is 5.19. The molecular formula is C14H16FN. The molecule has 0 aliphatic rings. The van der Waals surface area contributed by atoms with Crippen molar-refractivity contribution in [2.75, 3.05) is 0 Å². The van der Waals surface area contributed by atoms with Crippen LogP contribution in [0.25, 0.3) is 0 Å². The van der Waals surface area contributed by atoms with Crippen LogP contribution in [0, 0.1) is 26.6 Å². The molecule has 0 amide bonds. The Hall–Kier alpha value is -1.70. The molecule has 16 heavy (non-hydrogen) atoms. The Kier molecular flexibility index (Phi) is 4.65. The third-order valence-electron chi connectivity index (χ3n) is 2.03. The summed E-state index contributed by atoms with van der Waals surface area (Å²) in [5, 5.41) is 0. The SMILES string of the molecule is Cc1cc(F)ccn1.Cc1cccc(C)c1. The molecule has 1 aromatic carbocycles. The first-order chi connectivity index (χ1) is 7.58. The fourth-order valence-corrected chi connectivity index (χ4v) is 1.32. The molecule has 2 aromatic rings. The average molecular weight is 217 g/mol. The number of halogens is 1. The lowest BCUT2D eigenvalue weighted by Gasteiger charge is -1.90. The van der Waals surface area contributed by atoms with E-state index in [0.29, 0.717) is 5.69 Å². The minimum Gasteiger partial charge on any atom is -0.261 e. The van der Waals surface area contributed by atoms with Crippen molar-refractivity contribution >= 4 is 0 Å².